The Morgan fingerprint density at radius 2 is 1.94 bits per heavy atom. The number of rotatable bonds is 4. The largest absolute Gasteiger partial charge is 0.367 e. The highest BCUT2D eigenvalue weighted by molar-refractivity contribution is 5.89. The summed E-state index contributed by atoms with van der Waals surface area (Å²) in [6, 6.07) is 0. The fraction of sp³-hybridized carbons (Fsp3) is 0.933. The SMILES string of the molecule is CCOC1(C(=O)C2CCCC(C)C2)CCCC1. The van der Waals surface area contributed by atoms with Gasteiger partial charge in [0.25, 0.3) is 0 Å². The van der Waals surface area contributed by atoms with E-state index in [1.54, 1.807) is 0 Å². The molecule has 0 bridgehead atoms. The Balaban J connectivity index is 2.05. The van der Waals surface area contributed by atoms with Crippen molar-refractivity contribution in [2.75, 3.05) is 6.61 Å². The van der Waals surface area contributed by atoms with Gasteiger partial charge in [0, 0.05) is 12.5 Å². The van der Waals surface area contributed by atoms with E-state index in [-0.39, 0.29) is 5.92 Å². The molecule has 0 saturated heterocycles. The van der Waals surface area contributed by atoms with E-state index in [4.69, 9.17) is 4.74 Å². The molecule has 0 N–H and O–H groups in total. The summed E-state index contributed by atoms with van der Waals surface area (Å²) >= 11 is 0. The summed E-state index contributed by atoms with van der Waals surface area (Å²) in [5.41, 5.74) is -0.392. The average molecular weight is 238 g/mol. The number of Topliss-reactive ketones (excluding diaryl/α,β-unsaturated/α-hetero) is 1. The molecule has 2 unspecified atom stereocenters. The number of ether oxygens (including phenoxy) is 1. The summed E-state index contributed by atoms with van der Waals surface area (Å²) < 4.78 is 5.89. The predicted molar refractivity (Wildman–Crippen MR) is 69.0 cm³/mol. The Hall–Kier alpha value is -0.370. The van der Waals surface area contributed by atoms with E-state index in [1.807, 2.05) is 6.92 Å². The van der Waals surface area contributed by atoms with Gasteiger partial charge in [-0.15, -0.1) is 0 Å². The number of ketones is 1. The Morgan fingerprint density at radius 1 is 1.24 bits per heavy atom. The molecular formula is C15H26O2. The van der Waals surface area contributed by atoms with Crippen LogP contribution in [0.25, 0.3) is 0 Å². The van der Waals surface area contributed by atoms with E-state index in [0.29, 0.717) is 12.4 Å². The lowest BCUT2D eigenvalue weighted by molar-refractivity contribution is -0.149. The Labute approximate surface area is 105 Å². The third-order valence-electron chi connectivity index (χ3n) is 4.59. The molecule has 0 aromatic carbocycles. The highest BCUT2D eigenvalue weighted by Crippen LogP contribution is 2.40. The molecule has 0 spiro atoms. The van der Waals surface area contributed by atoms with Crippen LogP contribution in [-0.4, -0.2) is 18.0 Å². The fourth-order valence-electron chi connectivity index (χ4n) is 3.73. The van der Waals surface area contributed by atoms with Crippen molar-refractivity contribution in [2.45, 2.75) is 70.8 Å². The second-order valence-electron chi connectivity index (χ2n) is 5.97. The molecule has 0 aromatic heterocycles. The predicted octanol–water partition coefficient (Wildman–Crippen LogP) is 3.73. The maximum Gasteiger partial charge on any atom is 0.167 e. The molecule has 0 aromatic rings. The van der Waals surface area contributed by atoms with Crippen molar-refractivity contribution in [1.82, 2.24) is 0 Å². The Bertz CT molecular complexity index is 266. The number of carbonyl (C=O) groups is 1. The van der Waals surface area contributed by atoms with Crippen molar-refractivity contribution < 1.29 is 9.53 Å². The van der Waals surface area contributed by atoms with E-state index in [9.17, 15) is 4.79 Å². The maximum absolute atomic E-state index is 12.7. The quantitative estimate of drug-likeness (QED) is 0.746. The van der Waals surface area contributed by atoms with Gasteiger partial charge in [0.15, 0.2) is 5.78 Å². The first kappa shape index (κ1) is 13.1. The van der Waals surface area contributed by atoms with Crippen LogP contribution in [0, 0.1) is 11.8 Å². The standard InChI is InChI=1S/C15H26O2/c1-3-17-15(9-4-5-10-15)14(16)13-8-6-7-12(2)11-13/h12-13H,3-11H2,1-2H3. The van der Waals surface area contributed by atoms with Gasteiger partial charge in [0.1, 0.15) is 5.60 Å². The molecule has 2 heteroatoms. The normalized spacial score (nSPS) is 32.6. The molecule has 2 rings (SSSR count). The molecule has 0 radical (unpaired) electrons. The lowest BCUT2D eigenvalue weighted by Crippen LogP contribution is -2.44. The lowest BCUT2D eigenvalue weighted by Gasteiger charge is -2.34. The van der Waals surface area contributed by atoms with Gasteiger partial charge in [0.2, 0.25) is 0 Å². The summed E-state index contributed by atoms with van der Waals surface area (Å²) in [5, 5.41) is 0. The van der Waals surface area contributed by atoms with Crippen molar-refractivity contribution in [3.05, 3.63) is 0 Å². The highest BCUT2D eigenvalue weighted by atomic mass is 16.5. The van der Waals surface area contributed by atoms with Crippen LogP contribution in [0.1, 0.15) is 65.2 Å². The minimum Gasteiger partial charge on any atom is -0.367 e. The molecule has 2 fully saturated rings. The molecule has 2 atom stereocenters. The Morgan fingerprint density at radius 3 is 2.53 bits per heavy atom. The second kappa shape index (κ2) is 5.51. The van der Waals surface area contributed by atoms with Crippen molar-refractivity contribution in [2.24, 2.45) is 11.8 Å². The molecule has 98 valence electrons. The summed E-state index contributed by atoms with van der Waals surface area (Å²) in [6.45, 7) is 4.96. The molecular weight excluding hydrogens is 212 g/mol. The van der Waals surface area contributed by atoms with Gasteiger partial charge in [-0.2, -0.15) is 0 Å². The number of hydrogen-bond acceptors (Lipinski definition) is 2. The van der Waals surface area contributed by atoms with Crippen molar-refractivity contribution in [1.29, 1.82) is 0 Å². The summed E-state index contributed by atoms with van der Waals surface area (Å²) in [4.78, 5) is 12.7. The van der Waals surface area contributed by atoms with Crippen LogP contribution in [0.3, 0.4) is 0 Å². The van der Waals surface area contributed by atoms with E-state index >= 15 is 0 Å². The average Bonchev–Trinajstić information content (AvgIpc) is 2.78. The van der Waals surface area contributed by atoms with Crippen LogP contribution in [0.15, 0.2) is 0 Å². The van der Waals surface area contributed by atoms with E-state index < -0.39 is 5.60 Å². The van der Waals surface area contributed by atoms with Gasteiger partial charge in [-0.05, 0) is 51.4 Å². The zero-order valence-electron chi connectivity index (χ0n) is 11.3. The number of hydrogen-bond donors (Lipinski definition) is 0. The molecule has 0 aliphatic heterocycles. The smallest absolute Gasteiger partial charge is 0.167 e. The van der Waals surface area contributed by atoms with Crippen LogP contribution >= 0.6 is 0 Å². The van der Waals surface area contributed by atoms with Gasteiger partial charge >= 0.3 is 0 Å². The molecule has 2 nitrogen and oxygen atoms in total. The van der Waals surface area contributed by atoms with Crippen LogP contribution in [0.5, 0.6) is 0 Å². The van der Waals surface area contributed by atoms with Crippen LogP contribution in [0.4, 0.5) is 0 Å². The third kappa shape index (κ3) is 2.73. The molecule has 2 aliphatic rings. The van der Waals surface area contributed by atoms with E-state index in [0.717, 1.165) is 44.4 Å². The second-order valence-corrected chi connectivity index (χ2v) is 5.97. The van der Waals surface area contributed by atoms with Crippen molar-refractivity contribution in [3.63, 3.8) is 0 Å². The molecule has 0 amide bonds. The summed E-state index contributed by atoms with van der Waals surface area (Å²) in [7, 11) is 0. The van der Waals surface area contributed by atoms with Crippen LogP contribution in [-0.2, 0) is 9.53 Å². The Kier molecular flexibility index (Phi) is 4.24. The van der Waals surface area contributed by atoms with E-state index in [1.165, 1.54) is 12.8 Å². The topological polar surface area (TPSA) is 26.3 Å². The minimum absolute atomic E-state index is 0.281. The monoisotopic (exact) mass is 238 g/mol. The zero-order chi connectivity index (χ0) is 12.3. The van der Waals surface area contributed by atoms with E-state index in [2.05, 4.69) is 6.92 Å². The van der Waals surface area contributed by atoms with Gasteiger partial charge in [0.05, 0.1) is 0 Å². The van der Waals surface area contributed by atoms with Crippen molar-refractivity contribution >= 4 is 5.78 Å². The first-order valence-corrected chi connectivity index (χ1v) is 7.36. The van der Waals surface area contributed by atoms with Crippen molar-refractivity contribution in [3.8, 4) is 0 Å². The molecule has 2 aliphatic carbocycles. The first-order valence-electron chi connectivity index (χ1n) is 7.36. The molecule has 2 saturated carbocycles. The summed E-state index contributed by atoms with van der Waals surface area (Å²) in [6.07, 6.45) is 8.95. The van der Waals surface area contributed by atoms with Gasteiger partial charge in [-0.1, -0.05) is 19.8 Å². The lowest BCUT2D eigenvalue weighted by atomic mass is 9.75. The van der Waals surface area contributed by atoms with Gasteiger partial charge in [-0.3, -0.25) is 4.79 Å². The fourth-order valence-corrected chi connectivity index (χ4v) is 3.73. The van der Waals surface area contributed by atoms with Crippen LogP contribution in [0.2, 0.25) is 0 Å². The highest BCUT2D eigenvalue weighted by Gasteiger charge is 2.45. The molecule has 0 heterocycles. The first-order chi connectivity index (χ1) is 8.18. The molecule has 17 heavy (non-hydrogen) atoms. The third-order valence-corrected chi connectivity index (χ3v) is 4.59. The van der Waals surface area contributed by atoms with Gasteiger partial charge < -0.3 is 4.74 Å². The minimum atomic E-state index is -0.392. The zero-order valence-corrected chi connectivity index (χ0v) is 11.3. The number of carbonyl (C=O) groups excluding carboxylic acids is 1. The van der Waals surface area contributed by atoms with Crippen LogP contribution < -0.4 is 0 Å². The van der Waals surface area contributed by atoms with Gasteiger partial charge in [-0.25, -0.2) is 0 Å². The summed E-state index contributed by atoms with van der Waals surface area (Å²) in [5.74, 6) is 1.43. The maximum atomic E-state index is 12.7.